The minimum absolute atomic E-state index is 0.254. The zero-order valence-corrected chi connectivity index (χ0v) is 16.3. The summed E-state index contributed by atoms with van der Waals surface area (Å²) >= 11 is 1.13. The van der Waals surface area contributed by atoms with Gasteiger partial charge in [-0.2, -0.15) is 0 Å². The molecule has 0 fully saturated rings. The maximum absolute atomic E-state index is 12.9. The van der Waals surface area contributed by atoms with Gasteiger partial charge in [-0.3, -0.25) is 9.69 Å². The fourth-order valence-electron chi connectivity index (χ4n) is 2.53. The molecular weight excluding hydrogens is 366 g/mol. The molecule has 7 nitrogen and oxygen atoms in total. The summed E-state index contributed by atoms with van der Waals surface area (Å²) < 4.78 is 10.4. The van der Waals surface area contributed by atoms with Crippen molar-refractivity contribution in [1.29, 1.82) is 0 Å². The van der Waals surface area contributed by atoms with E-state index in [9.17, 15) is 9.59 Å². The van der Waals surface area contributed by atoms with E-state index in [4.69, 9.17) is 9.15 Å². The van der Waals surface area contributed by atoms with Crippen LogP contribution in [-0.2, 0) is 4.74 Å². The van der Waals surface area contributed by atoms with Gasteiger partial charge in [0.2, 0.25) is 0 Å². The molecule has 1 amide bonds. The highest BCUT2D eigenvalue weighted by molar-refractivity contribution is 7.17. The van der Waals surface area contributed by atoms with Crippen LogP contribution in [0.15, 0.2) is 34.9 Å². The summed E-state index contributed by atoms with van der Waals surface area (Å²) in [5.41, 5.74) is 2.24. The zero-order valence-electron chi connectivity index (χ0n) is 15.5. The minimum Gasteiger partial charge on any atom is -0.463 e. The van der Waals surface area contributed by atoms with Crippen LogP contribution in [0.3, 0.4) is 0 Å². The van der Waals surface area contributed by atoms with Crippen molar-refractivity contribution in [3.8, 4) is 11.5 Å². The zero-order chi connectivity index (χ0) is 19.6. The van der Waals surface area contributed by atoms with Crippen LogP contribution in [0.2, 0.25) is 0 Å². The molecule has 3 aromatic heterocycles. The number of ether oxygens (including phenoxy) is 1. The molecule has 3 rings (SSSR count). The lowest BCUT2D eigenvalue weighted by Crippen LogP contribution is -2.27. The van der Waals surface area contributed by atoms with E-state index in [0.717, 1.165) is 11.3 Å². The SMILES string of the molecule is CCOC(=O)c1sc(N(C)C(=O)c2ccc(-c3ccco3)nc2C)nc1C. The maximum atomic E-state index is 12.9. The summed E-state index contributed by atoms with van der Waals surface area (Å²) in [6.45, 7) is 5.51. The summed E-state index contributed by atoms with van der Waals surface area (Å²) in [4.78, 5) is 35.5. The predicted molar refractivity (Wildman–Crippen MR) is 102 cm³/mol. The molecular formula is C19H19N3O4S. The van der Waals surface area contributed by atoms with Gasteiger partial charge in [0, 0.05) is 7.05 Å². The number of thiazole rings is 1. The highest BCUT2D eigenvalue weighted by atomic mass is 32.1. The number of aryl methyl sites for hydroxylation is 2. The quantitative estimate of drug-likeness (QED) is 0.620. The Hall–Kier alpha value is -3.00. The van der Waals surface area contributed by atoms with E-state index >= 15 is 0 Å². The highest BCUT2D eigenvalue weighted by Gasteiger charge is 2.23. The Morgan fingerprint density at radius 3 is 2.59 bits per heavy atom. The van der Waals surface area contributed by atoms with Gasteiger partial charge in [-0.15, -0.1) is 0 Å². The number of amides is 1. The second-order valence-electron chi connectivity index (χ2n) is 5.80. The smallest absolute Gasteiger partial charge is 0.350 e. The van der Waals surface area contributed by atoms with E-state index in [-0.39, 0.29) is 12.5 Å². The normalized spacial score (nSPS) is 10.7. The summed E-state index contributed by atoms with van der Waals surface area (Å²) in [6, 6.07) is 7.05. The third-order valence-corrected chi connectivity index (χ3v) is 5.14. The van der Waals surface area contributed by atoms with Crippen molar-refractivity contribution < 1.29 is 18.7 Å². The number of anilines is 1. The maximum Gasteiger partial charge on any atom is 0.350 e. The molecule has 0 aliphatic carbocycles. The molecule has 0 aliphatic rings. The van der Waals surface area contributed by atoms with Gasteiger partial charge >= 0.3 is 5.97 Å². The number of esters is 1. The molecule has 3 aromatic rings. The van der Waals surface area contributed by atoms with Crippen molar-refractivity contribution in [3.05, 3.63) is 52.4 Å². The first-order chi connectivity index (χ1) is 12.9. The number of carbonyl (C=O) groups is 2. The second-order valence-corrected chi connectivity index (χ2v) is 6.78. The van der Waals surface area contributed by atoms with Gasteiger partial charge in [-0.1, -0.05) is 11.3 Å². The first kappa shape index (κ1) is 18.8. The Bertz CT molecular complexity index is 979. The van der Waals surface area contributed by atoms with Crippen molar-refractivity contribution in [2.75, 3.05) is 18.6 Å². The van der Waals surface area contributed by atoms with Crippen molar-refractivity contribution in [2.24, 2.45) is 0 Å². The van der Waals surface area contributed by atoms with E-state index in [1.54, 1.807) is 52.3 Å². The van der Waals surface area contributed by atoms with Gasteiger partial charge in [-0.05, 0) is 45.0 Å². The van der Waals surface area contributed by atoms with Crippen LogP contribution in [0.4, 0.5) is 5.13 Å². The lowest BCUT2D eigenvalue weighted by Gasteiger charge is -2.15. The summed E-state index contributed by atoms with van der Waals surface area (Å²) in [5, 5.41) is 0.426. The average Bonchev–Trinajstić information content (AvgIpc) is 3.30. The molecule has 0 saturated heterocycles. The molecule has 140 valence electrons. The Kier molecular flexibility index (Phi) is 5.36. The van der Waals surface area contributed by atoms with Gasteiger partial charge in [0.1, 0.15) is 10.6 Å². The third-order valence-electron chi connectivity index (χ3n) is 3.93. The fraction of sp³-hybridized carbons (Fsp3) is 0.263. The van der Waals surface area contributed by atoms with E-state index in [2.05, 4.69) is 9.97 Å². The van der Waals surface area contributed by atoms with Crippen LogP contribution in [0.1, 0.15) is 38.3 Å². The molecule has 0 radical (unpaired) electrons. The first-order valence-corrected chi connectivity index (χ1v) is 9.18. The van der Waals surface area contributed by atoms with Crippen LogP contribution in [0.5, 0.6) is 0 Å². The minimum atomic E-state index is -0.430. The molecule has 0 saturated carbocycles. The Morgan fingerprint density at radius 2 is 1.96 bits per heavy atom. The van der Waals surface area contributed by atoms with Gasteiger partial charge in [0.25, 0.3) is 5.91 Å². The molecule has 0 unspecified atom stereocenters. The highest BCUT2D eigenvalue weighted by Crippen LogP contribution is 2.28. The summed E-state index contributed by atoms with van der Waals surface area (Å²) in [6.07, 6.45) is 1.57. The fourth-order valence-corrected chi connectivity index (χ4v) is 3.45. The molecule has 0 N–H and O–H groups in total. The topological polar surface area (TPSA) is 85.5 Å². The Balaban J connectivity index is 1.85. The van der Waals surface area contributed by atoms with Crippen LogP contribution < -0.4 is 4.90 Å². The molecule has 0 bridgehead atoms. The van der Waals surface area contributed by atoms with Crippen molar-refractivity contribution in [3.63, 3.8) is 0 Å². The van der Waals surface area contributed by atoms with Crippen LogP contribution in [-0.4, -0.2) is 35.5 Å². The molecule has 27 heavy (non-hydrogen) atoms. The van der Waals surface area contributed by atoms with Crippen LogP contribution in [0.25, 0.3) is 11.5 Å². The standard InChI is InChI=1S/C19H19N3O4S/c1-5-25-18(24)16-12(3)21-19(27-16)22(4)17(23)13-8-9-14(20-11(13)2)15-7-6-10-26-15/h6-10H,5H2,1-4H3. The molecule has 0 aromatic carbocycles. The Labute approximate surface area is 160 Å². The lowest BCUT2D eigenvalue weighted by atomic mass is 10.1. The Morgan fingerprint density at radius 1 is 1.19 bits per heavy atom. The van der Waals surface area contributed by atoms with E-state index in [1.165, 1.54) is 4.90 Å². The van der Waals surface area contributed by atoms with Gasteiger partial charge < -0.3 is 9.15 Å². The summed E-state index contributed by atoms with van der Waals surface area (Å²) in [5.74, 6) is -0.0459. The number of furan rings is 1. The average molecular weight is 385 g/mol. The second kappa shape index (κ2) is 7.71. The molecule has 0 spiro atoms. The van der Waals surface area contributed by atoms with Gasteiger partial charge in [0.15, 0.2) is 10.9 Å². The van der Waals surface area contributed by atoms with E-state index in [0.29, 0.717) is 38.4 Å². The number of hydrogen-bond donors (Lipinski definition) is 0. The van der Waals surface area contributed by atoms with Crippen LogP contribution in [0, 0.1) is 13.8 Å². The molecule has 0 aliphatic heterocycles. The van der Waals surface area contributed by atoms with E-state index < -0.39 is 5.97 Å². The van der Waals surface area contributed by atoms with E-state index in [1.807, 2.05) is 6.07 Å². The molecule has 3 heterocycles. The number of aromatic nitrogens is 2. The monoisotopic (exact) mass is 385 g/mol. The largest absolute Gasteiger partial charge is 0.463 e. The number of nitrogens with zero attached hydrogens (tertiary/aromatic N) is 3. The van der Waals surface area contributed by atoms with Crippen molar-refractivity contribution in [2.45, 2.75) is 20.8 Å². The lowest BCUT2D eigenvalue weighted by molar-refractivity contribution is 0.0531. The first-order valence-electron chi connectivity index (χ1n) is 8.36. The number of carbonyl (C=O) groups excluding carboxylic acids is 2. The molecule has 8 heteroatoms. The summed E-state index contributed by atoms with van der Waals surface area (Å²) in [7, 11) is 1.62. The number of hydrogen-bond acceptors (Lipinski definition) is 7. The number of rotatable bonds is 5. The van der Waals surface area contributed by atoms with Gasteiger partial charge in [-0.25, -0.2) is 14.8 Å². The van der Waals surface area contributed by atoms with Crippen LogP contribution >= 0.6 is 11.3 Å². The predicted octanol–water partition coefficient (Wildman–Crippen LogP) is 3.87. The van der Waals surface area contributed by atoms with Crippen molar-refractivity contribution in [1.82, 2.24) is 9.97 Å². The van der Waals surface area contributed by atoms with Crippen molar-refractivity contribution >= 4 is 28.3 Å². The number of pyridine rings is 1. The van der Waals surface area contributed by atoms with Gasteiger partial charge in [0.05, 0.1) is 29.8 Å². The third kappa shape index (κ3) is 3.75. The molecule has 0 atom stereocenters.